The third kappa shape index (κ3) is 15.6. The van der Waals surface area contributed by atoms with Crippen LogP contribution in [0.3, 0.4) is 0 Å². The molecule has 1 fully saturated rings. The fourth-order valence-electron chi connectivity index (χ4n) is 2.95. The molecule has 0 N–H and O–H groups in total. The summed E-state index contributed by atoms with van der Waals surface area (Å²) in [6.45, 7) is 3.44. The standard InChI is InChI=1S/C24H40O4/c1-2-3-4-5-6-7-8-9-10-11-12-13-14-15-16-17-18-19-24(25)28-23-20-26-22-27-21-23/h6-7,9-10,12-13,23H,2-5,8,11,14-22H2,1H3/b7-6-,10-9-,13-12-. The summed E-state index contributed by atoms with van der Waals surface area (Å²) >= 11 is 0. The van der Waals surface area contributed by atoms with Crippen LogP contribution in [0.2, 0.25) is 0 Å². The first kappa shape index (κ1) is 24.6. The van der Waals surface area contributed by atoms with Crippen molar-refractivity contribution in [3.05, 3.63) is 36.5 Å². The number of hydrogen-bond acceptors (Lipinski definition) is 4. The third-order valence-corrected chi connectivity index (χ3v) is 4.59. The molecule has 0 unspecified atom stereocenters. The first-order chi connectivity index (χ1) is 13.8. The van der Waals surface area contributed by atoms with E-state index in [1.165, 1.54) is 32.1 Å². The van der Waals surface area contributed by atoms with E-state index in [2.05, 4.69) is 43.4 Å². The van der Waals surface area contributed by atoms with Gasteiger partial charge in [0.2, 0.25) is 0 Å². The van der Waals surface area contributed by atoms with E-state index in [4.69, 9.17) is 14.2 Å². The molecule has 0 aliphatic carbocycles. The number of rotatable bonds is 16. The van der Waals surface area contributed by atoms with Crippen LogP contribution in [0, 0.1) is 0 Å². The Balaban J connectivity index is 1.84. The zero-order valence-electron chi connectivity index (χ0n) is 17.8. The van der Waals surface area contributed by atoms with Gasteiger partial charge in [-0.1, -0.05) is 69.1 Å². The number of ether oxygens (including phenoxy) is 3. The molecule has 1 aliphatic heterocycles. The lowest BCUT2D eigenvalue weighted by molar-refractivity contribution is -0.183. The lowest BCUT2D eigenvalue weighted by atomic mass is 10.1. The van der Waals surface area contributed by atoms with Crippen molar-refractivity contribution < 1.29 is 19.0 Å². The molecule has 4 nitrogen and oxygen atoms in total. The highest BCUT2D eigenvalue weighted by Gasteiger charge is 2.18. The molecular formula is C24H40O4. The molecule has 1 rings (SSSR count). The van der Waals surface area contributed by atoms with Crippen LogP contribution in [0.1, 0.15) is 84.0 Å². The number of allylic oxidation sites excluding steroid dienone is 6. The second kappa shape index (κ2) is 18.9. The van der Waals surface area contributed by atoms with Crippen molar-refractivity contribution in [2.75, 3.05) is 20.0 Å². The fraction of sp³-hybridized carbons (Fsp3) is 0.708. The summed E-state index contributed by atoms with van der Waals surface area (Å²) in [6.07, 6.45) is 26.5. The van der Waals surface area contributed by atoms with Crippen molar-refractivity contribution in [3.63, 3.8) is 0 Å². The summed E-state index contributed by atoms with van der Waals surface area (Å²) in [7, 11) is 0. The molecule has 1 heterocycles. The number of carbonyl (C=O) groups excluding carboxylic acids is 1. The molecule has 1 saturated heterocycles. The molecule has 0 spiro atoms. The van der Waals surface area contributed by atoms with Crippen molar-refractivity contribution >= 4 is 5.97 Å². The Morgan fingerprint density at radius 1 is 0.821 bits per heavy atom. The molecule has 4 heteroatoms. The van der Waals surface area contributed by atoms with Crippen LogP contribution in [0.15, 0.2) is 36.5 Å². The molecule has 160 valence electrons. The van der Waals surface area contributed by atoms with Crippen LogP contribution in [-0.2, 0) is 19.0 Å². The van der Waals surface area contributed by atoms with Gasteiger partial charge < -0.3 is 14.2 Å². The fourth-order valence-corrected chi connectivity index (χ4v) is 2.95. The molecule has 0 aromatic carbocycles. The van der Waals surface area contributed by atoms with Gasteiger partial charge in [0.1, 0.15) is 12.9 Å². The first-order valence-electron chi connectivity index (χ1n) is 11.1. The average Bonchev–Trinajstić information content (AvgIpc) is 2.71. The molecule has 0 aromatic heterocycles. The Morgan fingerprint density at radius 3 is 2.04 bits per heavy atom. The van der Waals surface area contributed by atoms with E-state index in [9.17, 15) is 4.79 Å². The van der Waals surface area contributed by atoms with Gasteiger partial charge in [-0.25, -0.2) is 0 Å². The molecule has 1 aliphatic rings. The van der Waals surface area contributed by atoms with Gasteiger partial charge in [0.15, 0.2) is 0 Å². The summed E-state index contributed by atoms with van der Waals surface area (Å²) in [5.41, 5.74) is 0. The summed E-state index contributed by atoms with van der Waals surface area (Å²) in [4.78, 5) is 11.7. The lowest BCUT2D eigenvalue weighted by Gasteiger charge is -2.22. The van der Waals surface area contributed by atoms with Crippen molar-refractivity contribution in [2.24, 2.45) is 0 Å². The SMILES string of the molecule is CCCCC/C=C\C/C=C\C/C=C\CCCCCCC(=O)OC1COCOC1. The zero-order valence-corrected chi connectivity index (χ0v) is 17.8. The lowest BCUT2D eigenvalue weighted by Crippen LogP contribution is -2.33. The Kier molecular flexibility index (Phi) is 16.7. The third-order valence-electron chi connectivity index (χ3n) is 4.59. The Labute approximate surface area is 172 Å². The van der Waals surface area contributed by atoms with Crippen LogP contribution in [0.5, 0.6) is 0 Å². The molecule has 0 atom stereocenters. The predicted molar refractivity (Wildman–Crippen MR) is 115 cm³/mol. The van der Waals surface area contributed by atoms with Crippen molar-refractivity contribution in [1.29, 1.82) is 0 Å². The van der Waals surface area contributed by atoms with Crippen LogP contribution in [-0.4, -0.2) is 32.1 Å². The normalized spacial score (nSPS) is 15.9. The molecule has 0 radical (unpaired) electrons. The smallest absolute Gasteiger partial charge is 0.306 e. The van der Waals surface area contributed by atoms with E-state index in [0.717, 1.165) is 38.5 Å². The molecule has 0 aromatic rings. The van der Waals surface area contributed by atoms with E-state index in [0.29, 0.717) is 26.4 Å². The molecular weight excluding hydrogens is 352 g/mol. The van der Waals surface area contributed by atoms with Gasteiger partial charge >= 0.3 is 5.97 Å². The van der Waals surface area contributed by atoms with Crippen LogP contribution in [0.25, 0.3) is 0 Å². The maximum Gasteiger partial charge on any atom is 0.306 e. The minimum atomic E-state index is -0.234. The first-order valence-corrected chi connectivity index (χ1v) is 11.1. The van der Waals surface area contributed by atoms with Crippen molar-refractivity contribution in [3.8, 4) is 0 Å². The highest BCUT2D eigenvalue weighted by Crippen LogP contribution is 2.09. The topological polar surface area (TPSA) is 44.8 Å². The van der Waals surface area contributed by atoms with Crippen LogP contribution < -0.4 is 0 Å². The minimum Gasteiger partial charge on any atom is -0.457 e. The van der Waals surface area contributed by atoms with E-state index in [1.807, 2.05) is 0 Å². The maximum atomic E-state index is 11.7. The minimum absolute atomic E-state index is 0.137. The number of unbranched alkanes of at least 4 members (excludes halogenated alkanes) is 7. The van der Waals surface area contributed by atoms with Crippen molar-refractivity contribution in [1.82, 2.24) is 0 Å². The number of hydrogen-bond donors (Lipinski definition) is 0. The second-order valence-electron chi connectivity index (χ2n) is 7.31. The van der Waals surface area contributed by atoms with Gasteiger partial charge in [0.05, 0.1) is 13.2 Å². The Hall–Kier alpha value is -1.39. The summed E-state index contributed by atoms with van der Waals surface area (Å²) in [6, 6.07) is 0. The van der Waals surface area contributed by atoms with Crippen LogP contribution >= 0.6 is 0 Å². The zero-order chi connectivity index (χ0) is 20.1. The highest BCUT2D eigenvalue weighted by atomic mass is 16.7. The average molecular weight is 393 g/mol. The van der Waals surface area contributed by atoms with Crippen molar-refractivity contribution in [2.45, 2.75) is 90.1 Å². The van der Waals surface area contributed by atoms with E-state index in [1.54, 1.807) is 0 Å². The van der Waals surface area contributed by atoms with Gasteiger partial charge in [-0.05, 0) is 44.9 Å². The molecule has 0 saturated carbocycles. The second-order valence-corrected chi connectivity index (χ2v) is 7.31. The van der Waals surface area contributed by atoms with E-state index >= 15 is 0 Å². The quantitative estimate of drug-likeness (QED) is 0.176. The van der Waals surface area contributed by atoms with Gasteiger partial charge in [-0.15, -0.1) is 0 Å². The maximum absolute atomic E-state index is 11.7. The largest absolute Gasteiger partial charge is 0.457 e. The summed E-state index contributed by atoms with van der Waals surface area (Å²) < 4.78 is 15.5. The summed E-state index contributed by atoms with van der Waals surface area (Å²) in [5.74, 6) is -0.137. The number of carbonyl (C=O) groups is 1. The van der Waals surface area contributed by atoms with E-state index in [-0.39, 0.29) is 12.1 Å². The molecule has 0 amide bonds. The van der Waals surface area contributed by atoms with E-state index < -0.39 is 0 Å². The predicted octanol–water partition coefficient (Wildman–Crippen LogP) is 6.27. The van der Waals surface area contributed by atoms with Gasteiger partial charge in [0.25, 0.3) is 0 Å². The Morgan fingerprint density at radius 2 is 1.39 bits per heavy atom. The van der Waals surface area contributed by atoms with Crippen LogP contribution in [0.4, 0.5) is 0 Å². The molecule has 28 heavy (non-hydrogen) atoms. The van der Waals surface area contributed by atoms with Gasteiger partial charge in [-0.2, -0.15) is 0 Å². The number of esters is 1. The molecule has 0 bridgehead atoms. The summed E-state index contributed by atoms with van der Waals surface area (Å²) in [5, 5.41) is 0. The Bertz CT molecular complexity index is 448. The van der Waals surface area contributed by atoms with Gasteiger partial charge in [0, 0.05) is 6.42 Å². The highest BCUT2D eigenvalue weighted by molar-refractivity contribution is 5.69. The monoisotopic (exact) mass is 392 g/mol. The van der Waals surface area contributed by atoms with Gasteiger partial charge in [-0.3, -0.25) is 4.79 Å².